The van der Waals surface area contributed by atoms with Crippen molar-refractivity contribution in [3.05, 3.63) is 34.8 Å². The maximum atomic E-state index is 10.9. The quantitative estimate of drug-likeness (QED) is 0.840. The number of rotatable bonds is 5. The standard InChI is InChI=1S/C14H15NO3S/c1-3-8-18-11-6-4-10(5-7-11)13-15-9(2)12(19-13)14(16)17/h4-7H,3,8H2,1-2H3,(H,16,17)/p-1. The van der Waals surface area contributed by atoms with Crippen molar-refractivity contribution in [3.8, 4) is 16.3 Å². The number of ether oxygens (including phenoxy) is 1. The molecule has 2 rings (SSSR count). The molecule has 0 spiro atoms. The summed E-state index contributed by atoms with van der Waals surface area (Å²) in [5.74, 6) is -0.372. The maximum Gasteiger partial charge on any atom is 0.124 e. The Bertz CT molecular complexity index is 575. The molecule has 100 valence electrons. The van der Waals surface area contributed by atoms with Crippen LogP contribution in [0.25, 0.3) is 10.6 Å². The van der Waals surface area contributed by atoms with Gasteiger partial charge in [0.2, 0.25) is 0 Å². The Labute approximate surface area is 115 Å². The highest BCUT2D eigenvalue weighted by atomic mass is 32.1. The smallest absolute Gasteiger partial charge is 0.124 e. The van der Waals surface area contributed by atoms with Crippen LogP contribution in [-0.4, -0.2) is 17.6 Å². The molecule has 0 atom stereocenters. The summed E-state index contributed by atoms with van der Waals surface area (Å²) in [6.45, 7) is 4.41. The average Bonchev–Trinajstić information content (AvgIpc) is 2.79. The second kappa shape index (κ2) is 5.84. The van der Waals surface area contributed by atoms with Crippen LogP contribution in [0.5, 0.6) is 5.75 Å². The molecule has 19 heavy (non-hydrogen) atoms. The Morgan fingerprint density at radius 1 is 1.37 bits per heavy atom. The second-order valence-corrected chi connectivity index (χ2v) is 5.09. The highest BCUT2D eigenvalue weighted by molar-refractivity contribution is 7.17. The SMILES string of the molecule is CCCOc1ccc(-c2nc(C)c(C(=O)[O-])s2)cc1. The Morgan fingerprint density at radius 3 is 2.58 bits per heavy atom. The van der Waals surface area contributed by atoms with Crippen molar-refractivity contribution < 1.29 is 14.6 Å². The highest BCUT2D eigenvalue weighted by Crippen LogP contribution is 2.28. The summed E-state index contributed by atoms with van der Waals surface area (Å²) in [5, 5.41) is 11.6. The molecule has 2 aromatic rings. The Morgan fingerprint density at radius 2 is 2.05 bits per heavy atom. The third-order valence-corrected chi connectivity index (χ3v) is 3.74. The number of carboxylic acids is 1. The van der Waals surface area contributed by atoms with Crippen molar-refractivity contribution in [2.24, 2.45) is 0 Å². The zero-order chi connectivity index (χ0) is 13.8. The molecule has 0 N–H and O–H groups in total. The van der Waals surface area contributed by atoms with Gasteiger partial charge in [-0.2, -0.15) is 0 Å². The third-order valence-electron chi connectivity index (χ3n) is 2.56. The van der Waals surface area contributed by atoms with Crippen LogP contribution >= 0.6 is 11.3 Å². The van der Waals surface area contributed by atoms with Crippen molar-refractivity contribution in [3.63, 3.8) is 0 Å². The topological polar surface area (TPSA) is 62.2 Å². The van der Waals surface area contributed by atoms with Crippen molar-refractivity contribution in [2.45, 2.75) is 20.3 Å². The number of carboxylic acid groups (broad SMARTS) is 1. The molecule has 0 aliphatic heterocycles. The van der Waals surface area contributed by atoms with Crippen LogP contribution in [0.15, 0.2) is 24.3 Å². The van der Waals surface area contributed by atoms with Crippen LogP contribution in [0.3, 0.4) is 0 Å². The minimum Gasteiger partial charge on any atom is -0.544 e. The lowest BCUT2D eigenvalue weighted by Gasteiger charge is -2.04. The van der Waals surface area contributed by atoms with Crippen molar-refractivity contribution in [1.82, 2.24) is 4.98 Å². The molecule has 0 saturated heterocycles. The monoisotopic (exact) mass is 276 g/mol. The molecule has 1 aromatic heterocycles. The molecule has 0 radical (unpaired) electrons. The molecule has 0 fully saturated rings. The summed E-state index contributed by atoms with van der Waals surface area (Å²) in [7, 11) is 0. The summed E-state index contributed by atoms with van der Waals surface area (Å²) >= 11 is 1.13. The van der Waals surface area contributed by atoms with E-state index in [2.05, 4.69) is 4.98 Å². The predicted molar refractivity (Wildman–Crippen MR) is 72.4 cm³/mol. The fraction of sp³-hybridized carbons (Fsp3) is 0.286. The minimum absolute atomic E-state index is 0.182. The minimum atomic E-state index is -1.18. The van der Waals surface area contributed by atoms with E-state index in [9.17, 15) is 9.90 Å². The van der Waals surface area contributed by atoms with Crippen LogP contribution in [0, 0.1) is 6.92 Å². The molecule has 4 nitrogen and oxygen atoms in total. The first kappa shape index (κ1) is 13.5. The molecule has 0 amide bonds. The first-order valence-corrected chi connectivity index (χ1v) is 6.85. The van der Waals surface area contributed by atoms with Crippen LogP contribution in [-0.2, 0) is 0 Å². The van der Waals surface area contributed by atoms with E-state index in [0.29, 0.717) is 17.3 Å². The number of hydrogen-bond donors (Lipinski definition) is 0. The first-order valence-electron chi connectivity index (χ1n) is 6.03. The number of carbonyl (C=O) groups excluding carboxylic acids is 1. The van der Waals surface area contributed by atoms with Gasteiger partial charge in [-0.15, -0.1) is 11.3 Å². The van der Waals surface area contributed by atoms with E-state index >= 15 is 0 Å². The molecule has 0 aliphatic rings. The van der Waals surface area contributed by atoms with Gasteiger partial charge in [0.1, 0.15) is 10.8 Å². The van der Waals surface area contributed by atoms with E-state index in [0.717, 1.165) is 29.1 Å². The van der Waals surface area contributed by atoms with Crippen molar-refractivity contribution in [2.75, 3.05) is 6.61 Å². The molecule has 1 heterocycles. The van der Waals surface area contributed by atoms with Crippen molar-refractivity contribution >= 4 is 17.3 Å². The highest BCUT2D eigenvalue weighted by Gasteiger charge is 2.10. The van der Waals surface area contributed by atoms with E-state index in [4.69, 9.17) is 4.74 Å². The van der Waals surface area contributed by atoms with Gasteiger partial charge in [0, 0.05) is 5.56 Å². The number of aromatic nitrogens is 1. The van der Waals surface area contributed by atoms with Gasteiger partial charge in [-0.1, -0.05) is 6.92 Å². The molecular formula is C14H14NO3S-. The number of aromatic carboxylic acids is 1. The Balaban J connectivity index is 2.22. The lowest BCUT2D eigenvalue weighted by Crippen LogP contribution is -2.21. The van der Waals surface area contributed by atoms with Gasteiger partial charge in [0.25, 0.3) is 0 Å². The van der Waals surface area contributed by atoms with Crippen LogP contribution in [0.4, 0.5) is 0 Å². The fourth-order valence-electron chi connectivity index (χ4n) is 1.62. The molecule has 0 bridgehead atoms. The van der Waals surface area contributed by atoms with Gasteiger partial charge in [-0.05, 0) is 37.6 Å². The zero-order valence-corrected chi connectivity index (χ0v) is 11.6. The van der Waals surface area contributed by atoms with Crippen LogP contribution in [0.1, 0.15) is 28.7 Å². The number of nitrogens with zero attached hydrogens (tertiary/aromatic N) is 1. The zero-order valence-electron chi connectivity index (χ0n) is 10.8. The van der Waals surface area contributed by atoms with Gasteiger partial charge in [-0.25, -0.2) is 4.98 Å². The largest absolute Gasteiger partial charge is 0.544 e. The first-order chi connectivity index (χ1) is 9.11. The number of carbonyl (C=O) groups is 1. The molecule has 0 saturated carbocycles. The number of thiazole rings is 1. The Kier molecular flexibility index (Phi) is 4.16. The molecule has 0 unspecified atom stereocenters. The van der Waals surface area contributed by atoms with Crippen molar-refractivity contribution in [1.29, 1.82) is 0 Å². The molecule has 5 heteroatoms. The molecule has 0 aliphatic carbocycles. The summed E-state index contributed by atoms with van der Waals surface area (Å²) < 4.78 is 5.49. The van der Waals surface area contributed by atoms with Crippen LogP contribution in [0.2, 0.25) is 0 Å². The lowest BCUT2D eigenvalue weighted by molar-refractivity contribution is -0.254. The molecular weight excluding hydrogens is 262 g/mol. The fourth-order valence-corrected chi connectivity index (χ4v) is 2.53. The number of aryl methyl sites for hydroxylation is 1. The van der Waals surface area contributed by atoms with Gasteiger partial charge >= 0.3 is 0 Å². The Hall–Kier alpha value is -1.88. The van der Waals surface area contributed by atoms with E-state index in [1.165, 1.54) is 0 Å². The van der Waals surface area contributed by atoms with E-state index in [1.807, 2.05) is 31.2 Å². The maximum absolute atomic E-state index is 10.9. The molecule has 1 aromatic carbocycles. The lowest BCUT2D eigenvalue weighted by atomic mass is 10.2. The second-order valence-electron chi connectivity index (χ2n) is 4.09. The van der Waals surface area contributed by atoms with Crippen LogP contribution < -0.4 is 9.84 Å². The third kappa shape index (κ3) is 3.12. The summed E-state index contributed by atoms with van der Waals surface area (Å²) in [5.41, 5.74) is 1.37. The normalized spacial score (nSPS) is 10.4. The number of hydrogen-bond acceptors (Lipinski definition) is 5. The van der Waals surface area contributed by atoms with Gasteiger partial charge < -0.3 is 14.6 Å². The predicted octanol–water partition coefficient (Wildman–Crippen LogP) is 2.27. The summed E-state index contributed by atoms with van der Waals surface area (Å²) in [4.78, 5) is 15.3. The average molecular weight is 276 g/mol. The van der Waals surface area contributed by atoms with E-state index in [1.54, 1.807) is 6.92 Å². The summed E-state index contributed by atoms with van der Waals surface area (Å²) in [6, 6.07) is 7.48. The number of benzene rings is 1. The van der Waals surface area contributed by atoms with Gasteiger partial charge in [0.05, 0.1) is 23.1 Å². The van der Waals surface area contributed by atoms with E-state index < -0.39 is 5.97 Å². The van der Waals surface area contributed by atoms with E-state index in [-0.39, 0.29) is 4.88 Å². The van der Waals surface area contributed by atoms with Gasteiger partial charge in [-0.3, -0.25) is 0 Å². The van der Waals surface area contributed by atoms with Gasteiger partial charge in [0.15, 0.2) is 0 Å². The summed E-state index contributed by atoms with van der Waals surface area (Å²) in [6.07, 6.45) is 0.961.